The molecule has 3 N–H and O–H groups in total. The van der Waals surface area contributed by atoms with Gasteiger partial charge in [-0.1, -0.05) is 6.07 Å². The van der Waals surface area contributed by atoms with E-state index in [4.69, 9.17) is 5.11 Å². The maximum atomic E-state index is 9.49. The number of anilines is 1. The summed E-state index contributed by atoms with van der Waals surface area (Å²) in [7, 11) is 0. The molecule has 86 valence electrons. The van der Waals surface area contributed by atoms with Crippen LogP contribution in [-0.2, 0) is 0 Å². The highest BCUT2D eigenvalue weighted by Gasteiger charge is 1.98. The van der Waals surface area contributed by atoms with Gasteiger partial charge in [0.15, 0.2) is 0 Å². The van der Waals surface area contributed by atoms with Crippen molar-refractivity contribution < 1.29 is 10.2 Å². The molecular formula is C12H11N3O2. The number of hydrogen-bond acceptors (Lipinski definition) is 5. The number of phenolic OH excluding ortho intramolecular Hbond substituents is 2. The molecule has 1 aromatic carbocycles. The molecule has 0 unspecified atom stereocenters. The fourth-order valence-corrected chi connectivity index (χ4v) is 1.24. The van der Waals surface area contributed by atoms with Crippen LogP contribution in [0.2, 0.25) is 0 Å². The molecule has 0 spiro atoms. The zero-order valence-corrected chi connectivity index (χ0v) is 8.91. The maximum Gasteiger partial charge on any atom is 0.146 e. The van der Waals surface area contributed by atoms with E-state index >= 15 is 0 Å². The van der Waals surface area contributed by atoms with E-state index in [0.29, 0.717) is 11.4 Å². The van der Waals surface area contributed by atoms with E-state index in [2.05, 4.69) is 15.5 Å². The number of hydrogen-bond donors (Lipinski definition) is 3. The van der Waals surface area contributed by atoms with Gasteiger partial charge in [0.25, 0.3) is 0 Å². The number of pyridine rings is 1. The largest absolute Gasteiger partial charge is 0.508 e. The summed E-state index contributed by atoms with van der Waals surface area (Å²) >= 11 is 0. The predicted octanol–water partition coefficient (Wildman–Crippen LogP) is 1.94. The first-order valence-corrected chi connectivity index (χ1v) is 4.98. The quantitative estimate of drug-likeness (QED) is 0.555. The number of hydrazone groups is 1. The third-order valence-corrected chi connectivity index (χ3v) is 2.06. The lowest BCUT2D eigenvalue weighted by Crippen LogP contribution is -1.92. The number of aromatic hydroxyl groups is 2. The summed E-state index contributed by atoms with van der Waals surface area (Å²) in [5.74, 6) is 0.593. The summed E-state index contributed by atoms with van der Waals surface area (Å²) in [6, 6.07) is 9.70. The molecule has 0 aliphatic heterocycles. The standard InChI is InChI=1S/C12H11N3O2/c16-10-5-4-9(11(17)7-10)8-14-15-12-3-1-2-6-13-12/h1-8,16-17H,(H,13,15)/b14-8+. The van der Waals surface area contributed by atoms with Crippen molar-refractivity contribution in [1.29, 1.82) is 0 Å². The molecule has 0 amide bonds. The lowest BCUT2D eigenvalue weighted by Gasteiger charge is -2.00. The molecule has 17 heavy (non-hydrogen) atoms. The third-order valence-electron chi connectivity index (χ3n) is 2.06. The molecule has 2 rings (SSSR count). The van der Waals surface area contributed by atoms with Crippen LogP contribution in [0.4, 0.5) is 5.82 Å². The van der Waals surface area contributed by atoms with E-state index < -0.39 is 0 Å². The number of phenols is 2. The molecule has 5 heteroatoms. The molecule has 0 aliphatic rings. The summed E-state index contributed by atoms with van der Waals surface area (Å²) in [5, 5.41) is 22.5. The number of nitrogens with one attached hydrogen (secondary N) is 1. The molecule has 1 aromatic heterocycles. The lowest BCUT2D eigenvalue weighted by atomic mass is 10.2. The molecule has 2 aromatic rings. The highest BCUT2D eigenvalue weighted by atomic mass is 16.3. The minimum absolute atomic E-state index is 0.0114. The Hall–Kier alpha value is -2.56. The SMILES string of the molecule is Oc1ccc(/C=N/Nc2ccccn2)c(O)c1. The fourth-order valence-electron chi connectivity index (χ4n) is 1.24. The lowest BCUT2D eigenvalue weighted by molar-refractivity contribution is 0.450. The van der Waals surface area contributed by atoms with Gasteiger partial charge in [0.05, 0.1) is 6.21 Å². The third kappa shape index (κ3) is 2.94. The van der Waals surface area contributed by atoms with Crippen molar-refractivity contribution in [3.05, 3.63) is 48.2 Å². The summed E-state index contributed by atoms with van der Waals surface area (Å²) in [4.78, 5) is 4.02. The van der Waals surface area contributed by atoms with Gasteiger partial charge in [-0.2, -0.15) is 5.10 Å². The molecule has 5 nitrogen and oxygen atoms in total. The van der Waals surface area contributed by atoms with Crippen LogP contribution in [0.3, 0.4) is 0 Å². The molecular weight excluding hydrogens is 218 g/mol. The second-order valence-corrected chi connectivity index (χ2v) is 3.33. The molecule has 0 atom stereocenters. The van der Waals surface area contributed by atoms with Crippen LogP contribution in [-0.4, -0.2) is 21.4 Å². The Balaban J connectivity index is 2.06. The zero-order valence-electron chi connectivity index (χ0n) is 8.91. The number of benzene rings is 1. The van der Waals surface area contributed by atoms with E-state index in [1.54, 1.807) is 24.4 Å². The van der Waals surface area contributed by atoms with Crippen molar-refractivity contribution in [1.82, 2.24) is 4.98 Å². The van der Waals surface area contributed by atoms with Gasteiger partial charge >= 0.3 is 0 Å². The van der Waals surface area contributed by atoms with Gasteiger partial charge in [-0.15, -0.1) is 0 Å². The average Bonchev–Trinajstić information content (AvgIpc) is 2.33. The van der Waals surface area contributed by atoms with Crippen molar-refractivity contribution in [2.45, 2.75) is 0 Å². The van der Waals surface area contributed by atoms with E-state index in [1.807, 2.05) is 6.07 Å². The number of aromatic nitrogens is 1. The van der Waals surface area contributed by atoms with E-state index in [9.17, 15) is 5.11 Å². The molecule has 1 heterocycles. The van der Waals surface area contributed by atoms with Crippen LogP contribution in [0.5, 0.6) is 11.5 Å². The highest BCUT2D eigenvalue weighted by Crippen LogP contribution is 2.20. The van der Waals surface area contributed by atoms with Gasteiger partial charge in [0.2, 0.25) is 0 Å². The Bertz CT molecular complexity index is 527. The first kappa shape index (κ1) is 10.9. The zero-order chi connectivity index (χ0) is 12.1. The summed E-state index contributed by atoms with van der Waals surface area (Å²) in [6.07, 6.45) is 3.10. The van der Waals surface area contributed by atoms with Crippen LogP contribution in [0.1, 0.15) is 5.56 Å². The maximum absolute atomic E-state index is 9.49. The summed E-state index contributed by atoms with van der Waals surface area (Å²) in [6.45, 7) is 0. The van der Waals surface area contributed by atoms with Gasteiger partial charge in [0, 0.05) is 17.8 Å². The van der Waals surface area contributed by atoms with Crippen molar-refractivity contribution in [2.75, 3.05) is 5.43 Å². The van der Waals surface area contributed by atoms with Crippen LogP contribution >= 0.6 is 0 Å². The Morgan fingerprint density at radius 3 is 2.76 bits per heavy atom. The molecule has 0 aliphatic carbocycles. The van der Waals surface area contributed by atoms with Gasteiger partial charge in [0.1, 0.15) is 17.3 Å². The first-order chi connectivity index (χ1) is 8.25. The first-order valence-electron chi connectivity index (χ1n) is 4.98. The minimum Gasteiger partial charge on any atom is -0.508 e. The second-order valence-electron chi connectivity index (χ2n) is 3.33. The van der Waals surface area contributed by atoms with Crippen molar-refractivity contribution >= 4 is 12.0 Å². The number of rotatable bonds is 3. The van der Waals surface area contributed by atoms with Crippen LogP contribution in [0.25, 0.3) is 0 Å². The van der Waals surface area contributed by atoms with Crippen molar-refractivity contribution in [2.24, 2.45) is 5.10 Å². The summed E-state index contributed by atoms with van der Waals surface area (Å²) < 4.78 is 0. The Morgan fingerprint density at radius 2 is 2.06 bits per heavy atom. The van der Waals surface area contributed by atoms with E-state index in [-0.39, 0.29) is 11.5 Å². The van der Waals surface area contributed by atoms with E-state index in [0.717, 1.165) is 0 Å². The molecule has 0 saturated carbocycles. The van der Waals surface area contributed by atoms with Gasteiger partial charge < -0.3 is 10.2 Å². The van der Waals surface area contributed by atoms with Crippen LogP contribution in [0.15, 0.2) is 47.7 Å². The fraction of sp³-hybridized carbons (Fsp3) is 0. The minimum atomic E-state index is -0.0310. The Kier molecular flexibility index (Phi) is 3.20. The van der Waals surface area contributed by atoms with Crippen LogP contribution < -0.4 is 5.43 Å². The van der Waals surface area contributed by atoms with Gasteiger partial charge in [-0.05, 0) is 24.3 Å². The Morgan fingerprint density at radius 1 is 1.18 bits per heavy atom. The Labute approximate surface area is 98.1 Å². The van der Waals surface area contributed by atoms with Gasteiger partial charge in [-0.3, -0.25) is 5.43 Å². The van der Waals surface area contributed by atoms with Crippen LogP contribution in [0, 0.1) is 0 Å². The molecule has 0 radical (unpaired) electrons. The van der Waals surface area contributed by atoms with E-state index in [1.165, 1.54) is 18.3 Å². The smallest absolute Gasteiger partial charge is 0.146 e. The number of nitrogens with zero attached hydrogens (tertiary/aromatic N) is 2. The topological polar surface area (TPSA) is 77.7 Å². The predicted molar refractivity (Wildman–Crippen MR) is 65.2 cm³/mol. The molecule has 0 saturated heterocycles. The van der Waals surface area contributed by atoms with Crippen molar-refractivity contribution in [3.8, 4) is 11.5 Å². The molecule has 0 fully saturated rings. The summed E-state index contributed by atoms with van der Waals surface area (Å²) in [5.41, 5.74) is 3.23. The van der Waals surface area contributed by atoms with Gasteiger partial charge in [-0.25, -0.2) is 4.98 Å². The monoisotopic (exact) mass is 229 g/mol. The average molecular weight is 229 g/mol. The normalized spacial score (nSPS) is 10.6. The molecule has 0 bridgehead atoms. The second kappa shape index (κ2) is 4.98. The van der Waals surface area contributed by atoms with Crippen molar-refractivity contribution in [3.63, 3.8) is 0 Å². The highest BCUT2D eigenvalue weighted by molar-refractivity contribution is 5.84.